The lowest BCUT2D eigenvalue weighted by Crippen LogP contribution is -2.44. The van der Waals surface area contributed by atoms with Crippen LogP contribution < -0.4 is 0 Å². The summed E-state index contributed by atoms with van der Waals surface area (Å²) in [6.45, 7) is -0.170. The Morgan fingerprint density at radius 1 is 1.19 bits per heavy atom. The molecule has 1 aliphatic rings. The van der Waals surface area contributed by atoms with Crippen LogP contribution in [0, 0.1) is 5.82 Å². The Hall–Kier alpha value is -2.65. The van der Waals surface area contributed by atoms with Gasteiger partial charge in [0.15, 0.2) is 5.78 Å². The van der Waals surface area contributed by atoms with E-state index in [1.807, 2.05) is 0 Å². The maximum absolute atomic E-state index is 13.0. The van der Waals surface area contributed by atoms with Crippen molar-refractivity contribution >= 4 is 33.8 Å². The van der Waals surface area contributed by atoms with Crippen LogP contribution in [0.1, 0.15) is 21.5 Å². The van der Waals surface area contributed by atoms with Crippen molar-refractivity contribution in [1.82, 2.24) is 0 Å². The van der Waals surface area contributed by atoms with Gasteiger partial charge in [-0.1, -0.05) is 24.3 Å². The molecular weight excluding hydrogens is 471 g/mol. The van der Waals surface area contributed by atoms with Crippen LogP contribution >= 0.6 is 15.9 Å². The Morgan fingerprint density at radius 2 is 1.84 bits per heavy atom. The lowest BCUT2D eigenvalue weighted by molar-refractivity contribution is -0.114. The highest BCUT2D eigenvalue weighted by Gasteiger charge is 2.46. The highest BCUT2D eigenvalue weighted by atomic mass is 79.9. The zero-order valence-corrected chi connectivity index (χ0v) is 18.1. The molecule has 0 radical (unpaired) electrons. The molecule has 8 heteroatoms. The van der Waals surface area contributed by atoms with Gasteiger partial charge < -0.3 is 19.7 Å². The van der Waals surface area contributed by atoms with Crippen molar-refractivity contribution in [3.63, 3.8) is 0 Å². The van der Waals surface area contributed by atoms with E-state index in [0.717, 1.165) is 0 Å². The number of ketones is 1. The Labute approximate surface area is 186 Å². The summed E-state index contributed by atoms with van der Waals surface area (Å²) in [5.74, 6) is -1.34. The third-order valence-electron chi connectivity index (χ3n) is 4.85. The number of aliphatic hydroxyl groups is 2. The highest BCUT2D eigenvalue weighted by Crippen LogP contribution is 2.37. The number of hydrogen-bond acceptors (Lipinski definition) is 6. The van der Waals surface area contributed by atoms with Crippen molar-refractivity contribution in [2.24, 2.45) is 0 Å². The number of ether oxygens (including phenoxy) is 2. The molecule has 0 spiro atoms. The predicted molar refractivity (Wildman–Crippen MR) is 115 cm³/mol. The maximum Gasteiger partial charge on any atom is 0.337 e. The number of methoxy groups -OCH3 is 1. The summed E-state index contributed by atoms with van der Waals surface area (Å²) in [6.07, 6.45) is 1.24. The first-order valence-electron chi connectivity index (χ1n) is 9.31. The fraction of sp³-hybridized carbons (Fsp3) is 0.217. The number of Topliss-reactive ketones (excluding diaryl/α,β-unsaturated/α-hetero) is 1. The van der Waals surface area contributed by atoms with E-state index in [1.165, 1.54) is 43.5 Å². The minimum atomic E-state index is -1.97. The van der Waals surface area contributed by atoms with Crippen LogP contribution in [0.25, 0.3) is 6.08 Å². The van der Waals surface area contributed by atoms with Crippen LogP contribution in [0.3, 0.4) is 0 Å². The van der Waals surface area contributed by atoms with E-state index in [4.69, 9.17) is 4.74 Å². The SMILES string of the molecule is COC(=O)c1ccc(/C=C2\C(=O)C(Br)=C[C@@]2(O)[C@H](O)COCc2ccc(F)cc2)cc1. The smallest absolute Gasteiger partial charge is 0.337 e. The monoisotopic (exact) mass is 490 g/mol. The van der Waals surface area contributed by atoms with Crippen molar-refractivity contribution < 1.29 is 33.7 Å². The topological polar surface area (TPSA) is 93.1 Å². The Bertz CT molecular complexity index is 1030. The predicted octanol–water partition coefficient (Wildman–Crippen LogP) is 3.17. The Balaban J connectivity index is 1.76. The first-order chi connectivity index (χ1) is 14.7. The molecule has 0 aliphatic heterocycles. The summed E-state index contributed by atoms with van der Waals surface area (Å²) < 4.78 is 23.2. The van der Waals surface area contributed by atoms with E-state index in [1.54, 1.807) is 24.3 Å². The average molecular weight is 491 g/mol. The number of aliphatic hydroxyl groups excluding tert-OH is 1. The number of carbonyl (C=O) groups excluding carboxylic acids is 2. The number of hydrogen-bond donors (Lipinski definition) is 2. The molecule has 0 unspecified atom stereocenters. The largest absolute Gasteiger partial charge is 0.465 e. The van der Waals surface area contributed by atoms with Gasteiger partial charge in [0, 0.05) is 5.57 Å². The van der Waals surface area contributed by atoms with Crippen molar-refractivity contribution in [1.29, 1.82) is 0 Å². The van der Waals surface area contributed by atoms with E-state index < -0.39 is 23.5 Å². The Morgan fingerprint density at radius 3 is 2.45 bits per heavy atom. The van der Waals surface area contributed by atoms with Crippen molar-refractivity contribution in [3.8, 4) is 0 Å². The molecule has 0 fully saturated rings. The van der Waals surface area contributed by atoms with Gasteiger partial charge in [-0.2, -0.15) is 0 Å². The van der Waals surface area contributed by atoms with Gasteiger partial charge in [-0.15, -0.1) is 0 Å². The summed E-state index contributed by atoms with van der Waals surface area (Å²) in [7, 11) is 1.28. The van der Waals surface area contributed by atoms with E-state index in [0.29, 0.717) is 16.7 Å². The van der Waals surface area contributed by atoms with Gasteiger partial charge >= 0.3 is 5.97 Å². The fourth-order valence-corrected chi connectivity index (χ4v) is 3.66. The number of halogens is 2. The van der Waals surface area contributed by atoms with Gasteiger partial charge in [0.25, 0.3) is 0 Å². The molecule has 6 nitrogen and oxygen atoms in total. The molecule has 162 valence electrons. The molecule has 0 saturated carbocycles. The molecular formula is C23H20BrFO6. The summed E-state index contributed by atoms with van der Waals surface area (Å²) in [6, 6.07) is 11.9. The zero-order chi connectivity index (χ0) is 22.6. The van der Waals surface area contributed by atoms with Gasteiger partial charge in [-0.25, -0.2) is 9.18 Å². The molecule has 0 amide bonds. The van der Waals surface area contributed by atoms with E-state index >= 15 is 0 Å². The Kier molecular flexibility index (Phi) is 7.17. The first-order valence-corrected chi connectivity index (χ1v) is 10.1. The zero-order valence-electron chi connectivity index (χ0n) is 16.5. The molecule has 2 N–H and O–H groups in total. The third kappa shape index (κ3) is 5.16. The van der Waals surface area contributed by atoms with Crippen LogP contribution in [-0.2, 0) is 20.9 Å². The molecule has 1 aliphatic carbocycles. The van der Waals surface area contributed by atoms with E-state index in [2.05, 4.69) is 20.7 Å². The minimum Gasteiger partial charge on any atom is -0.465 e. The number of rotatable bonds is 7. The number of allylic oxidation sites excluding steroid dienone is 1. The van der Waals surface area contributed by atoms with Crippen LogP contribution in [-0.4, -0.2) is 47.4 Å². The molecule has 2 aromatic rings. The molecule has 2 aromatic carbocycles. The summed E-state index contributed by atoms with van der Waals surface area (Å²) >= 11 is 3.12. The second-order valence-corrected chi connectivity index (χ2v) is 7.83. The van der Waals surface area contributed by atoms with Crippen LogP contribution in [0.5, 0.6) is 0 Å². The molecule has 0 heterocycles. The van der Waals surface area contributed by atoms with Gasteiger partial charge in [0.1, 0.15) is 17.5 Å². The molecule has 0 bridgehead atoms. The quantitative estimate of drug-likeness (QED) is 0.457. The molecule has 3 rings (SSSR count). The van der Waals surface area contributed by atoms with E-state index in [-0.39, 0.29) is 29.1 Å². The fourth-order valence-electron chi connectivity index (χ4n) is 3.10. The summed E-state index contributed by atoms with van der Waals surface area (Å²) in [5, 5.41) is 21.7. The second kappa shape index (κ2) is 9.65. The van der Waals surface area contributed by atoms with Crippen molar-refractivity contribution in [2.75, 3.05) is 13.7 Å². The number of esters is 1. The van der Waals surface area contributed by atoms with Gasteiger partial charge in [-0.3, -0.25) is 4.79 Å². The van der Waals surface area contributed by atoms with Crippen molar-refractivity contribution in [3.05, 3.63) is 87.2 Å². The normalized spacial score (nSPS) is 20.6. The van der Waals surface area contributed by atoms with Gasteiger partial charge in [0.2, 0.25) is 0 Å². The number of carbonyl (C=O) groups is 2. The lowest BCUT2D eigenvalue weighted by atomic mass is 9.89. The van der Waals surface area contributed by atoms with E-state index in [9.17, 15) is 24.2 Å². The molecule has 2 atom stereocenters. The standard InChI is InChI=1S/C23H20BrFO6/c1-30-22(28)16-6-2-14(3-7-16)10-18-21(27)19(24)11-23(18,29)20(26)13-31-12-15-4-8-17(25)9-5-15/h2-11,20,26,29H,12-13H2,1H3/b18-10+/t20-,23+/m1/s1. The van der Waals surface area contributed by atoms with Crippen LogP contribution in [0.4, 0.5) is 4.39 Å². The lowest BCUT2D eigenvalue weighted by Gasteiger charge is -2.28. The highest BCUT2D eigenvalue weighted by molar-refractivity contribution is 9.12. The summed E-state index contributed by atoms with van der Waals surface area (Å²) in [5.41, 5.74) is -0.431. The van der Waals surface area contributed by atoms with Crippen LogP contribution in [0.2, 0.25) is 0 Å². The second-order valence-electron chi connectivity index (χ2n) is 6.98. The first kappa shape index (κ1) is 23.0. The van der Waals surface area contributed by atoms with Gasteiger partial charge in [-0.05, 0) is 63.5 Å². The maximum atomic E-state index is 13.0. The molecule has 0 saturated heterocycles. The average Bonchev–Trinajstić information content (AvgIpc) is 2.99. The van der Waals surface area contributed by atoms with Gasteiger partial charge in [0.05, 0.1) is 30.4 Å². The number of benzene rings is 2. The summed E-state index contributed by atoms with van der Waals surface area (Å²) in [4.78, 5) is 24.1. The molecule has 0 aromatic heterocycles. The molecule has 31 heavy (non-hydrogen) atoms. The third-order valence-corrected chi connectivity index (χ3v) is 5.44. The van der Waals surface area contributed by atoms with Crippen LogP contribution in [0.15, 0.2) is 64.7 Å². The van der Waals surface area contributed by atoms with Crippen molar-refractivity contribution in [2.45, 2.75) is 18.3 Å². The minimum absolute atomic E-state index is 0.0388.